The molecule has 0 fully saturated rings. The van der Waals surface area contributed by atoms with E-state index in [0.29, 0.717) is 0 Å². The molecular formula is C9H24N2Si. The van der Waals surface area contributed by atoms with Crippen molar-refractivity contribution in [3.05, 3.63) is 12.3 Å². The van der Waals surface area contributed by atoms with E-state index < -0.39 is 0 Å². The summed E-state index contributed by atoms with van der Waals surface area (Å²) in [6.45, 7) is 13.2. The van der Waals surface area contributed by atoms with Gasteiger partial charge in [0, 0.05) is 29.9 Å². The van der Waals surface area contributed by atoms with Crippen molar-refractivity contribution in [1.82, 2.24) is 10.4 Å². The van der Waals surface area contributed by atoms with Crippen molar-refractivity contribution in [2.75, 3.05) is 19.6 Å². The molecule has 0 aromatic rings. The third kappa shape index (κ3) is 12.5. The Labute approximate surface area is 80.4 Å². The maximum absolute atomic E-state index is 3.42. The standard InChI is InChI=1S/C7H18N2.C2H6Si/c1-4-7-8-9(5-2)6-3;1-2-3/h8H,4-7H2,1-3H3;2H,1H2,3H3. The molecule has 0 spiro atoms. The van der Waals surface area contributed by atoms with Crippen LogP contribution in [0.1, 0.15) is 27.2 Å². The molecule has 3 heteroatoms. The van der Waals surface area contributed by atoms with Crippen LogP contribution >= 0.6 is 0 Å². The van der Waals surface area contributed by atoms with E-state index in [9.17, 15) is 0 Å². The SMILES string of the molecule is C=C[SiH3].CCCNN(CC)CC. The van der Waals surface area contributed by atoms with Crippen molar-refractivity contribution in [3.63, 3.8) is 0 Å². The minimum Gasteiger partial charge on any atom is -0.255 e. The molecule has 1 N–H and O–H groups in total. The summed E-state index contributed by atoms with van der Waals surface area (Å²) in [5, 5.41) is 2.21. The summed E-state index contributed by atoms with van der Waals surface area (Å²) in [4.78, 5) is 0. The first-order valence-corrected chi connectivity index (χ1v) is 5.97. The summed E-state index contributed by atoms with van der Waals surface area (Å²) in [6.07, 6.45) is 1.20. The van der Waals surface area contributed by atoms with Crippen LogP contribution in [0.5, 0.6) is 0 Å². The van der Waals surface area contributed by atoms with E-state index in [-0.39, 0.29) is 0 Å². The lowest BCUT2D eigenvalue weighted by Gasteiger charge is -2.18. The van der Waals surface area contributed by atoms with E-state index in [2.05, 4.69) is 37.8 Å². The fourth-order valence-corrected chi connectivity index (χ4v) is 0.717. The quantitative estimate of drug-likeness (QED) is 0.506. The lowest BCUT2D eigenvalue weighted by atomic mass is 10.5. The van der Waals surface area contributed by atoms with Crippen LogP contribution in [0.2, 0.25) is 0 Å². The lowest BCUT2D eigenvalue weighted by Crippen LogP contribution is -2.37. The molecule has 0 atom stereocenters. The normalized spacial score (nSPS) is 9.33. The Kier molecular flexibility index (Phi) is 16.2. The summed E-state index contributed by atoms with van der Waals surface area (Å²) < 4.78 is 0. The minimum absolute atomic E-state index is 1.09. The topological polar surface area (TPSA) is 15.3 Å². The van der Waals surface area contributed by atoms with Crippen molar-refractivity contribution >= 4 is 10.2 Å². The fraction of sp³-hybridized carbons (Fsp3) is 0.778. The van der Waals surface area contributed by atoms with Gasteiger partial charge in [-0.1, -0.05) is 20.8 Å². The van der Waals surface area contributed by atoms with Crippen LogP contribution in [0, 0.1) is 0 Å². The third-order valence-corrected chi connectivity index (χ3v) is 1.35. The zero-order valence-corrected chi connectivity index (χ0v) is 11.1. The van der Waals surface area contributed by atoms with E-state index in [1.165, 1.54) is 6.42 Å². The monoisotopic (exact) mass is 188 g/mol. The highest BCUT2D eigenvalue weighted by Gasteiger charge is 1.92. The number of hydrogen-bond donors (Lipinski definition) is 1. The molecule has 2 nitrogen and oxygen atoms in total. The van der Waals surface area contributed by atoms with Crippen molar-refractivity contribution in [1.29, 1.82) is 0 Å². The van der Waals surface area contributed by atoms with E-state index in [4.69, 9.17) is 0 Å². The Morgan fingerprint density at radius 2 is 1.75 bits per heavy atom. The van der Waals surface area contributed by atoms with Crippen molar-refractivity contribution in [2.24, 2.45) is 0 Å². The van der Waals surface area contributed by atoms with Gasteiger partial charge < -0.3 is 0 Å². The molecular weight excluding hydrogens is 164 g/mol. The lowest BCUT2D eigenvalue weighted by molar-refractivity contribution is 0.209. The first-order valence-electron chi connectivity index (χ1n) is 4.82. The van der Waals surface area contributed by atoms with Crippen LogP contribution in [0.25, 0.3) is 0 Å². The Morgan fingerprint density at radius 3 is 2.00 bits per heavy atom. The Hall–Kier alpha value is -0.123. The molecule has 0 rings (SSSR count). The van der Waals surface area contributed by atoms with E-state index in [1.54, 1.807) is 0 Å². The van der Waals surface area contributed by atoms with E-state index in [0.717, 1.165) is 29.9 Å². The van der Waals surface area contributed by atoms with Gasteiger partial charge in [0.1, 0.15) is 0 Å². The van der Waals surface area contributed by atoms with Gasteiger partial charge >= 0.3 is 0 Å². The van der Waals surface area contributed by atoms with Gasteiger partial charge in [0.15, 0.2) is 0 Å². The molecule has 0 saturated heterocycles. The second-order valence-electron chi connectivity index (χ2n) is 2.49. The maximum atomic E-state index is 3.42. The first-order chi connectivity index (χ1) is 5.76. The van der Waals surface area contributed by atoms with Gasteiger partial charge in [-0.25, -0.2) is 5.01 Å². The largest absolute Gasteiger partial charge is 0.255 e. The number of hydrogen-bond acceptors (Lipinski definition) is 2. The molecule has 0 heterocycles. The van der Waals surface area contributed by atoms with E-state index in [1.807, 2.05) is 5.70 Å². The highest BCUT2D eigenvalue weighted by atomic mass is 28.1. The molecule has 0 aromatic carbocycles. The van der Waals surface area contributed by atoms with Crippen LogP contribution in [-0.2, 0) is 0 Å². The number of rotatable bonds is 5. The number of nitrogens with zero attached hydrogens (tertiary/aromatic N) is 1. The average molecular weight is 188 g/mol. The number of hydrazine groups is 1. The predicted molar refractivity (Wildman–Crippen MR) is 61.4 cm³/mol. The zero-order valence-electron chi connectivity index (χ0n) is 9.06. The van der Waals surface area contributed by atoms with Crippen molar-refractivity contribution < 1.29 is 0 Å². The van der Waals surface area contributed by atoms with Crippen LogP contribution in [0.4, 0.5) is 0 Å². The minimum atomic E-state index is 1.09. The molecule has 74 valence electrons. The van der Waals surface area contributed by atoms with Gasteiger partial charge in [0.25, 0.3) is 0 Å². The third-order valence-electron chi connectivity index (χ3n) is 1.35. The highest BCUT2D eigenvalue weighted by molar-refractivity contribution is 6.16. The summed E-state index contributed by atoms with van der Waals surface area (Å²) in [7, 11) is 1.13. The Bertz CT molecular complexity index is 82.6. The summed E-state index contributed by atoms with van der Waals surface area (Å²) in [6, 6.07) is 0. The van der Waals surface area contributed by atoms with Crippen molar-refractivity contribution in [2.45, 2.75) is 27.2 Å². The van der Waals surface area contributed by atoms with E-state index >= 15 is 0 Å². The van der Waals surface area contributed by atoms with Gasteiger partial charge in [0.2, 0.25) is 0 Å². The predicted octanol–water partition coefficient (Wildman–Crippen LogP) is 0.738. The molecule has 0 aliphatic heterocycles. The van der Waals surface area contributed by atoms with Crippen LogP contribution in [0.3, 0.4) is 0 Å². The summed E-state index contributed by atoms with van der Waals surface area (Å²) in [5.41, 5.74) is 5.19. The molecule has 0 aliphatic carbocycles. The zero-order chi connectivity index (χ0) is 9.82. The molecule has 0 saturated carbocycles. The summed E-state index contributed by atoms with van der Waals surface area (Å²) in [5.74, 6) is 0. The Morgan fingerprint density at radius 1 is 1.33 bits per heavy atom. The summed E-state index contributed by atoms with van der Waals surface area (Å²) >= 11 is 0. The molecule has 12 heavy (non-hydrogen) atoms. The van der Waals surface area contributed by atoms with Crippen LogP contribution in [0.15, 0.2) is 12.3 Å². The fourth-order valence-electron chi connectivity index (χ4n) is 0.717. The second kappa shape index (κ2) is 13.5. The highest BCUT2D eigenvalue weighted by Crippen LogP contribution is 1.79. The average Bonchev–Trinajstić information content (AvgIpc) is 2.08. The molecule has 0 aromatic heterocycles. The van der Waals surface area contributed by atoms with Gasteiger partial charge in [0.05, 0.1) is 0 Å². The molecule has 0 amide bonds. The van der Waals surface area contributed by atoms with Crippen LogP contribution < -0.4 is 5.43 Å². The second-order valence-corrected chi connectivity index (χ2v) is 3.31. The van der Waals surface area contributed by atoms with Gasteiger partial charge in [-0.3, -0.25) is 5.43 Å². The Balaban J connectivity index is 0. The molecule has 0 unspecified atom stereocenters. The molecule has 0 aliphatic rings. The molecule has 0 bridgehead atoms. The van der Waals surface area contributed by atoms with Gasteiger partial charge in [-0.15, -0.1) is 12.3 Å². The van der Waals surface area contributed by atoms with Gasteiger partial charge in [-0.2, -0.15) is 0 Å². The maximum Gasteiger partial charge on any atom is 0.0283 e. The number of nitrogens with one attached hydrogen (secondary N) is 1. The smallest absolute Gasteiger partial charge is 0.0283 e. The van der Waals surface area contributed by atoms with Crippen molar-refractivity contribution in [3.8, 4) is 0 Å². The molecule has 0 radical (unpaired) electrons. The van der Waals surface area contributed by atoms with Gasteiger partial charge in [-0.05, 0) is 6.42 Å². The van der Waals surface area contributed by atoms with Crippen LogP contribution in [-0.4, -0.2) is 34.9 Å². The first kappa shape index (κ1) is 14.4.